The zero-order chi connectivity index (χ0) is 20.7. The van der Waals surface area contributed by atoms with E-state index in [1.54, 1.807) is 0 Å². The van der Waals surface area contributed by atoms with Gasteiger partial charge in [0.15, 0.2) is 18.1 Å². The number of Topliss-reactive ketones (excluding diaryl/α,β-unsaturated/α-hetero) is 1. The molecule has 2 N–H and O–H groups in total. The van der Waals surface area contributed by atoms with Crippen LogP contribution in [-0.4, -0.2) is 32.5 Å². The normalized spacial score (nSPS) is 10.7. The van der Waals surface area contributed by atoms with Crippen LogP contribution in [-0.2, 0) is 4.79 Å². The van der Waals surface area contributed by atoms with Crippen molar-refractivity contribution in [1.82, 2.24) is 0 Å². The van der Waals surface area contributed by atoms with Crippen molar-refractivity contribution in [3.05, 3.63) is 58.9 Å². The zero-order valence-electron chi connectivity index (χ0n) is 15.2. The van der Waals surface area contributed by atoms with Gasteiger partial charge >= 0.3 is 0 Å². The van der Waals surface area contributed by atoms with E-state index in [0.717, 1.165) is 12.1 Å². The number of methoxy groups -OCH3 is 2. The number of nitrogens with zero attached hydrogens (tertiary/aromatic N) is 1. The number of carbonyl (C=O) groups excluding carboxylic acids is 2. The van der Waals surface area contributed by atoms with E-state index in [2.05, 4.69) is 0 Å². The molecule has 28 heavy (non-hydrogen) atoms. The monoisotopic (exact) mass is 384 g/mol. The average molecular weight is 384 g/mol. The number of nitrogens with two attached hydrogens (primary N) is 1. The van der Waals surface area contributed by atoms with Gasteiger partial charge in [-0.25, -0.2) is 4.39 Å². The number of ketones is 1. The summed E-state index contributed by atoms with van der Waals surface area (Å²) in [6.45, 7) is -0.381. The Labute approximate surface area is 160 Å². The Morgan fingerprint density at radius 3 is 2.18 bits per heavy atom. The number of ether oxygens (including phenoxy) is 3. The molecular formula is C20H17FN2O5. The number of rotatable bonds is 8. The summed E-state index contributed by atoms with van der Waals surface area (Å²) in [4.78, 5) is 23.5. The standard InChI is InChI=1S/C20H17FN2O5/c1-26-16-8-12(9-17(27-2)20(16)28-11-18(23)24)7-14(10-22)19(25)13-3-5-15(21)6-4-13/h3-9H,11H2,1-2H3,(H2,23,24)/b14-7+. The summed E-state index contributed by atoms with van der Waals surface area (Å²) >= 11 is 0. The van der Waals surface area contributed by atoms with Gasteiger partial charge in [-0.05, 0) is 48.0 Å². The van der Waals surface area contributed by atoms with E-state index in [0.29, 0.717) is 5.56 Å². The van der Waals surface area contributed by atoms with Crippen molar-refractivity contribution < 1.29 is 28.2 Å². The van der Waals surface area contributed by atoms with Crippen LogP contribution < -0.4 is 19.9 Å². The van der Waals surface area contributed by atoms with Crippen molar-refractivity contribution >= 4 is 17.8 Å². The molecule has 0 aromatic heterocycles. The first-order valence-electron chi connectivity index (χ1n) is 7.98. The maximum Gasteiger partial charge on any atom is 0.255 e. The molecule has 2 rings (SSSR count). The van der Waals surface area contributed by atoms with Gasteiger partial charge in [0.2, 0.25) is 11.5 Å². The number of primary amides is 1. The van der Waals surface area contributed by atoms with Gasteiger partial charge < -0.3 is 19.9 Å². The summed E-state index contributed by atoms with van der Waals surface area (Å²) in [5, 5.41) is 9.37. The maximum atomic E-state index is 13.0. The van der Waals surface area contributed by atoms with Crippen LogP contribution in [0.4, 0.5) is 4.39 Å². The second-order valence-corrected chi connectivity index (χ2v) is 5.52. The lowest BCUT2D eigenvalue weighted by Gasteiger charge is -2.14. The predicted octanol–water partition coefficient (Wildman–Crippen LogP) is 2.50. The van der Waals surface area contributed by atoms with Gasteiger partial charge in [0.05, 0.1) is 14.2 Å². The van der Waals surface area contributed by atoms with Gasteiger partial charge in [-0.1, -0.05) is 0 Å². The number of carbonyl (C=O) groups is 2. The number of nitriles is 1. The molecule has 0 heterocycles. The van der Waals surface area contributed by atoms with Crippen molar-refractivity contribution in [1.29, 1.82) is 5.26 Å². The van der Waals surface area contributed by atoms with E-state index in [9.17, 15) is 19.2 Å². The Morgan fingerprint density at radius 1 is 1.14 bits per heavy atom. The van der Waals surface area contributed by atoms with Crippen LogP contribution >= 0.6 is 0 Å². The topological polar surface area (TPSA) is 112 Å². The summed E-state index contributed by atoms with van der Waals surface area (Å²) in [6, 6.07) is 9.72. The number of amides is 1. The van der Waals surface area contributed by atoms with E-state index in [-0.39, 0.29) is 35.0 Å². The third-order valence-corrected chi connectivity index (χ3v) is 3.62. The number of hydrogen-bond acceptors (Lipinski definition) is 6. The molecular weight excluding hydrogens is 367 g/mol. The van der Waals surface area contributed by atoms with Crippen LogP contribution in [0, 0.1) is 17.1 Å². The summed E-state index contributed by atoms with van der Waals surface area (Å²) in [5.74, 6) is -1.12. The summed E-state index contributed by atoms with van der Waals surface area (Å²) in [6.07, 6.45) is 1.34. The average Bonchev–Trinajstić information content (AvgIpc) is 2.70. The molecule has 2 aromatic rings. The maximum absolute atomic E-state index is 13.0. The highest BCUT2D eigenvalue weighted by Gasteiger charge is 2.17. The molecule has 144 valence electrons. The van der Waals surface area contributed by atoms with Crippen LogP contribution in [0.2, 0.25) is 0 Å². The van der Waals surface area contributed by atoms with E-state index in [4.69, 9.17) is 19.9 Å². The smallest absolute Gasteiger partial charge is 0.255 e. The van der Waals surface area contributed by atoms with Gasteiger partial charge in [0.25, 0.3) is 5.91 Å². The minimum atomic E-state index is -0.676. The van der Waals surface area contributed by atoms with Crippen molar-refractivity contribution in [3.63, 3.8) is 0 Å². The van der Waals surface area contributed by atoms with Crippen molar-refractivity contribution in [2.24, 2.45) is 5.73 Å². The first kappa shape index (κ1) is 20.5. The molecule has 0 aliphatic rings. The highest BCUT2D eigenvalue weighted by molar-refractivity contribution is 6.14. The van der Waals surface area contributed by atoms with Crippen LogP contribution in [0.3, 0.4) is 0 Å². The summed E-state index contributed by atoms with van der Waals surface area (Å²) < 4.78 is 28.8. The van der Waals surface area contributed by atoms with Gasteiger partial charge in [0, 0.05) is 5.56 Å². The molecule has 0 saturated heterocycles. The molecule has 0 bridgehead atoms. The Kier molecular flexibility index (Phi) is 6.71. The molecule has 0 aliphatic carbocycles. The summed E-state index contributed by atoms with van der Waals surface area (Å²) in [7, 11) is 2.77. The first-order valence-corrected chi connectivity index (χ1v) is 7.98. The molecule has 0 fully saturated rings. The lowest BCUT2D eigenvalue weighted by molar-refractivity contribution is -0.120. The Balaban J connectivity index is 2.44. The molecule has 7 nitrogen and oxygen atoms in total. The second-order valence-electron chi connectivity index (χ2n) is 5.52. The van der Waals surface area contributed by atoms with Crippen LogP contribution in [0.1, 0.15) is 15.9 Å². The lowest BCUT2D eigenvalue weighted by atomic mass is 10.0. The van der Waals surface area contributed by atoms with Crippen LogP contribution in [0.5, 0.6) is 17.2 Å². The summed E-state index contributed by atoms with van der Waals surface area (Å²) in [5.41, 5.74) is 5.52. The van der Waals surface area contributed by atoms with Gasteiger partial charge in [-0.3, -0.25) is 9.59 Å². The number of halogens is 1. The SMILES string of the molecule is COc1cc(/C=C(\C#N)C(=O)c2ccc(F)cc2)cc(OC)c1OCC(N)=O. The highest BCUT2D eigenvalue weighted by Crippen LogP contribution is 2.39. The fourth-order valence-electron chi connectivity index (χ4n) is 2.34. The molecule has 0 aliphatic heterocycles. The lowest BCUT2D eigenvalue weighted by Crippen LogP contribution is -2.20. The highest BCUT2D eigenvalue weighted by atomic mass is 19.1. The zero-order valence-corrected chi connectivity index (χ0v) is 15.2. The second kappa shape index (κ2) is 9.19. The number of allylic oxidation sites excluding steroid dienone is 1. The van der Waals surface area contributed by atoms with Crippen molar-refractivity contribution in [3.8, 4) is 23.3 Å². The Hall–Kier alpha value is -3.86. The largest absolute Gasteiger partial charge is 0.493 e. The molecule has 0 unspecified atom stereocenters. The number of benzene rings is 2. The van der Waals surface area contributed by atoms with E-state index in [1.165, 1.54) is 44.6 Å². The van der Waals surface area contributed by atoms with Crippen LogP contribution in [0.25, 0.3) is 6.08 Å². The minimum Gasteiger partial charge on any atom is -0.493 e. The van der Waals surface area contributed by atoms with E-state index >= 15 is 0 Å². The van der Waals surface area contributed by atoms with E-state index in [1.807, 2.05) is 6.07 Å². The molecule has 0 radical (unpaired) electrons. The fourth-order valence-corrected chi connectivity index (χ4v) is 2.34. The molecule has 2 aromatic carbocycles. The molecule has 8 heteroatoms. The van der Waals surface area contributed by atoms with E-state index < -0.39 is 17.5 Å². The van der Waals surface area contributed by atoms with Crippen molar-refractivity contribution in [2.75, 3.05) is 20.8 Å². The van der Waals surface area contributed by atoms with Crippen LogP contribution in [0.15, 0.2) is 42.0 Å². The predicted molar refractivity (Wildman–Crippen MR) is 98.6 cm³/mol. The quantitative estimate of drug-likeness (QED) is 0.425. The molecule has 0 saturated carbocycles. The molecule has 1 amide bonds. The minimum absolute atomic E-state index is 0.157. The first-order chi connectivity index (χ1) is 13.4. The fraction of sp³-hybridized carbons (Fsp3) is 0.150. The van der Waals surface area contributed by atoms with Gasteiger partial charge in [0.1, 0.15) is 17.5 Å². The Bertz CT molecular complexity index is 937. The molecule has 0 spiro atoms. The third kappa shape index (κ3) is 4.86. The van der Waals surface area contributed by atoms with Crippen molar-refractivity contribution in [2.45, 2.75) is 0 Å². The molecule has 0 atom stereocenters. The van der Waals surface area contributed by atoms with Gasteiger partial charge in [-0.15, -0.1) is 0 Å². The van der Waals surface area contributed by atoms with Gasteiger partial charge in [-0.2, -0.15) is 5.26 Å². The Morgan fingerprint density at radius 2 is 1.71 bits per heavy atom. The number of hydrogen-bond donors (Lipinski definition) is 1. The third-order valence-electron chi connectivity index (χ3n) is 3.62.